The van der Waals surface area contributed by atoms with Crippen molar-refractivity contribution in [3.8, 4) is 0 Å². The Morgan fingerprint density at radius 3 is 2.64 bits per heavy atom. The minimum atomic E-state index is -0.592. The predicted molar refractivity (Wildman–Crippen MR) is 105 cm³/mol. The highest BCUT2D eigenvalue weighted by molar-refractivity contribution is 5.95. The number of hydrogen-bond donors (Lipinski definition) is 1. The number of aryl methyl sites for hydroxylation is 4. The summed E-state index contributed by atoms with van der Waals surface area (Å²) in [6.07, 6.45) is 4.43. The number of aromatic nitrogens is 3. The third-order valence-electron chi connectivity index (χ3n) is 4.60. The highest BCUT2D eigenvalue weighted by atomic mass is 16.4. The highest BCUT2D eigenvalue weighted by Gasteiger charge is 2.16. The van der Waals surface area contributed by atoms with Crippen molar-refractivity contribution < 1.29 is 9.21 Å². The maximum atomic E-state index is 12.4. The summed E-state index contributed by atoms with van der Waals surface area (Å²) in [5, 5.41) is 6.73. The van der Waals surface area contributed by atoms with E-state index in [4.69, 9.17) is 4.42 Å². The van der Waals surface area contributed by atoms with Crippen LogP contribution in [0, 0.1) is 6.92 Å². The van der Waals surface area contributed by atoms with Gasteiger partial charge in [0.2, 0.25) is 0 Å². The van der Waals surface area contributed by atoms with Crippen LogP contribution in [0.4, 0.5) is 0 Å². The molecular weight excluding hydrogens is 356 g/mol. The minimum absolute atomic E-state index is 0.0600. The molecule has 146 valence electrons. The molecule has 0 saturated carbocycles. The molecule has 3 rings (SSSR count). The standard InChI is InChI=1S/C21H24N4O3/c1-15-13-17(10-6-9-16-7-4-3-5-8-16)28-21(27)19(15)20(26)22-12-11-18-23-14-24-25(18)2/h3-5,7-8,13-14H,6,9-12H2,1-2H3,(H,22,26). The topological polar surface area (TPSA) is 90.0 Å². The molecule has 0 unspecified atom stereocenters. The maximum absolute atomic E-state index is 12.4. The van der Waals surface area contributed by atoms with Gasteiger partial charge in [-0.1, -0.05) is 30.3 Å². The molecule has 28 heavy (non-hydrogen) atoms. The zero-order chi connectivity index (χ0) is 19.9. The van der Waals surface area contributed by atoms with E-state index in [1.165, 1.54) is 11.9 Å². The monoisotopic (exact) mass is 380 g/mol. The lowest BCUT2D eigenvalue weighted by molar-refractivity contribution is 0.0949. The summed E-state index contributed by atoms with van der Waals surface area (Å²) in [5.41, 5.74) is 1.35. The summed E-state index contributed by atoms with van der Waals surface area (Å²) >= 11 is 0. The van der Waals surface area contributed by atoms with Crippen molar-refractivity contribution in [1.82, 2.24) is 20.1 Å². The van der Waals surface area contributed by atoms with Crippen molar-refractivity contribution in [3.63, 3.8) is 0 Å². The molecule has 0 aliphatic rings. The summed E-state index contributed by atoms with van der Waals surface area (Å²) in [6, 6.07) is 12.0. The summed E-state index contributed by atoms with van der Waals surface area (Å²) in [7, 11) is 1.79. The van der Waals surface area contributed by atoms with Gasteiger partial charge in [0.05, 0.1) is 0 Å². The number of carbonyl (C=O) groups is 1. The first-order chi connectivity index (χ1) is 13.5. The Labute approximate surface area is 163 Å². The molecule has 2 aromatic heterocycles. The Bertz CT molecular complexity index is 992. The average Bonchev–Trinajstić information content (AvgIpc) is 3.07. The van der Waals surface area contributed by atoms with Gasteiger partial charge in [-0.05, 0) is 37.0 Å². The van der Waals surface area contributed by atoms with Crippen LogP contribution in [0.5, 0.6) is 0 Å². The lowest BCUT2D eigenvalue weighted by Crippen LogP contribution is -2.31. The largest absolute Gasteiger partial charge is 0.427 e. The zero-order valence-corrected chi connectivity index (χ0v) is 16.1. The first-order valence-electron chi connectivity index (χ1n) is 9.33. The molecule has 3 aromatic rings. The van der Waals surface area contributed by atoms with E-state index in [1.54, 1.807) is 24.7 Å². The highest BCUT2D eigenvalue weighted by Crippen LogP contribution is 2.11. The van der Waals surface area contributed by atoms with Gasteiger partial charge in [-0.2, -0.15) is 5.10 Å². The van der Waals surface area contributed by atoms with Gasteiger partial charge in [-0.3, -0.25) is 9.48 Å². The maximum Gasteiger partial charge on any atom is 0.349 e. The molecule has 0 aliphatic heterocycles. The molecule has 7 heteroatoms. The molecule has 0 bridgehead atoms. The van der Waals surface area contributed by atoms with E-state index in [1.807, 2.05) is 18.2 Å². The van der Waals surface area contributed by atoms with Crippen LogP contribution in [0.2, 0.25) is 0 Å². The minimum Gasteiger partial charge on any atom is -0.427 e. The van der Waals surface area contributed by atoms with Gasteiger partial charge in [-0.25, -0.2) is 9.78 Å². The number of hydrogen-bond acceptors (Lipinski definition) is 5. The van der Waals surface area contributed by atoms with Crippen LogP contribution in [0.3, 0.4) is 0 Å². The molecule has 0 spiro atoms. The van der Waals surface area contributed by atoms with Gasteiger partial charge in [0.1, 0.15) is 23.5 Å². The molecule has 1 N–H and O–H groups in total. The lowest BCUT2D eigenvalue weighted by atomic mass is 10.1. The molecule has 0 saturated heterocycles. The van der Waals surface area contributed by atoms with E-state index < -0.39 is 11.5 Å². The van der Waals surface area contributed by atoms with E-state index in [0.29, 0.717) is 30.7 Å². The van der Waals surface area contributed by atoms with E-state index >= 15 is 0 Å². The van der Waals surface area contributed by atoms with Crippen LogP contribution < -0.4 is 10.9 Å². The van der Waals surface area contributed by atoms with Crippen molar-refractivity contribution in [2.75, 3.05) is 6.54 Å². The molecular formula is C21H24N4O3. The van der Waals surface area contributed by atoms with Gasteiger partial charge < -0.3 is 9.73 Å². The molecule has 0 aliphatic carbocycles. The van der Waals surface area contributed by atoms with Crippen LogP contribution in [0.1, 0.15) is 39.5 Å². The second-order valence-corrected chi connectivity index (χ2v) is 6.70. The SMILES string of the molecule is Cc1cc(CCCc2ccccc2)oc(=O)c1C(=O)NCCc1ncnn1C. The first kappa shape index (κ1) is 19.5. The number of nitrogens with one attached hydrogen (secondary N) is 1. The lowest BCUT2D eigenvalue weighted by Gasteiger charge is -2.08. The fraction of sp³-hybridized carbons (Fsp3) is 0.333. The Hall–Kier alpha value is -3.22. The summed E-state index contributed by atoms with van der Waals surface area (Å²) in [6.45, 7) is 2.12. The number of rotatable bonds is 8. The van der Waals surface area contributed by atoms with Crippen molar-refractivity contribution in [2.45, 2.75) is 32.6 Å². The van der Waals surface area contributed by atoms with E-state index in [-0.39, 0.29) is 5.56 Å². The Balaban J connectivity index is 1.57. The van der Waals surface area contributed by atoms with Crippen molar-refractivity contribution in [3.05, 3.63) is 81.4 Å². The predicted octanol–water partition coefficient (Wildman–Crippen LogP) is 2.22. The smallest absolute Gasteiger partial charge is 0.349 e. The number of benzene rings is 1. The number of nitrogens with zero attached hydrogens (tertiary/aromatic N) is 3. The second-order valence-electron chi connectivity index (χ2n) is 6.70. The van der Waals surface area contributed by atoms with Crippen LogP contribution in [0.15, 0.2) is 51.9 Å². The summed E-state index contributed by atoms with van der Waals surface area (Å²) < 4.78 is 7.03. The first-order valence-corrected chi connectivity index (χ1v) is 9.33. The molecule has 0 fully saturated rings. The Morgan fingerprint density at radius 1 is 1.18 bits per heavy atom. The quantitative estimate of drug-likeness (QED) is 0.647. The summed E-state index contributed by atoms with van der Waals surface area (Å²) in [5.74, 6) is 0.941. The molecule has 2 heterocycles. The van der Waals surface area contributed by atoms with Gasteiger partial charge >= 0.3 is 5.63 Å². The number of carbonyl (C=O) groups excluding carboxylic acids is 1. The van der Waals surface area contributed by atoms with E-state index in [0.717, 1.165) is 18.7 Å². The van der Waals surface area contributed by atoms with Gasteiger partial charge in [0.15, 0.2) is 0 Å². The second kappa shape index (κ2) is 9.12. The number of amides is 1. The van der Waals surface area contributed by atoms with Crippen LogP contribution in [-0.4, -0.2) is 27.2 Å². The van der Waals surface area contributed by atoms with Crippen LogP contribution in [0.25, 0.3) is 0 Å². The van der Waals surface area contributed by atoms with Crippen LogP contribution >= 0.6 is 0 Å². The van der Waals surface area contributed by atoms with Gasteiger partial charge in [0, 0.05) is 26.4 Å². The van der Waals surface area contributed by atoms with Gasteiger partial charge in [-0.15, -0.1) is 0 Å². The molecule has 1 amide bonds. The van der Waals surface area contributed by atoms with Gasteiger partial charge in [0.25, 0.3) is 5.91 Å². The molecule has 0 radical (unpaired) electrons. The molecule has 1 aromatic carbocycles. The van der Waals surface area contributed by atoms with Crippen molar-refractivity contribution in [2.24, 2.45) is 7.05 Å². The van der Waals surface area contributed by atoms with E-state index in [9.17, 15) is 9.59 Å². The van der Waals surface area contributed by atoms with Crippen LogP contribution in [-0.2, 0) is 26.3 Å². The third kappa shape index (κ3) is 4.94. The fourth-order valence-corrected chi connectivity index (χ4v) is 3.10. The average molecular weight is 380 g/mol. The van der Waals surface area contributed by atoms with Crippen molar-refractivity contribution >= 4 is 5.91 Å². The fourth-order valence-electron chi connectivity index (χ4n) is 3.10. The van der Waals surface area contributed by atoms with Crippen molar-refractivity contribution in [1.29, 1.82) is 0 Å². The molecule has 0 atom stereocenters. The zero-order valence-electron chi connectivity index (χ0n) is 16.1. The third-order valence-corrected chi connectivity index (χ3v) is 4.60. The normalized spacial score (nSPS) is 10.8. The summed E-state index contributed by atoms with van der Waals surface area (Å²) in [4.78, 5) is 28.8. The Morgan fingerprint density at radius 2 is 1.96 bits per heavy atom. The van der Waals surface area contributed by atoms with E-state index in [2.05, 4.69) is 27.5 Å². The molecule has 7 nitrogen and oxygen atoms in total. The Kier molecular flexibility index (Phi) is 6.37.